The molecule has 3 amide bonds. The van der Waals surface area contributed by atoms with Crippen LogP contribution in [-0.2, 0) is 14.4 Å². The zero-order chi connectivity index (χ0) is 13.5. The van der Waals surface area contributed by atoms with Crippen LogP contribution in [0.5, 0.6) is 0 Å². The van der Waals surface area contributed by atoms with E-state index >= 15 is 0 Å². The van der Waals surface area contributed by atoms with E-state index < -0.39 is 17.9 Å². The molecule has 1 unspecified atom stereocenters. The quantitative estimate of drug-likeness (QED) is 0.319. The Morgan fingerprint density at radius 3 is 2.83 bits per heavy atom. The molecule has 0 saturated carbocycles. The minimum absolute atomic E-state index is 0.0530. The minimum atomic E-state index is -0.726. The summed E-state index contributed by atoms with van der Waals surface area (Å²) in [5.74, 6) is -1.37. The smallest absolute Gasteiger partial charge is 0.272 e. The molecule has 1 saturated heterocycles. The van der Waals surface area contributed by atoms with Crippen molar-refractivity contribution >= 4 is 17.7 Å². The largest absolute Gasteiger partial charge is 0.339 e. The predicted molar refractivity (Wildman–Crippen MR) is 63.4 cm³/mol. The zero-order valence-electron chi connectivity index (χ0n) is 9.97. The van der Waals surface area contributed by atoms with Gasteiger partial charge in [0.25, 0.3) is 5.91 Å². The van der Waals surface area contributed by atoms with Crippen LogP contribution < -0.4 is 10.6 Å². The summed E-state index contributed by atoms with van der Waals surface area (Å²) in [4.78, 5) is 34.2. The molecular formula is C11H14N4O3. The molecule has 1 heterocycles. The molecule has 18 heavy (non-hydrogen) atoms. The van der Waals surface area contributed by atoms with E-state index in [4.69, 9.17) is 0 Å². The highest BCUT2D eigenvalue weighted by Gasteiger charge is 2.28. The van der Waals surface area contributed by atoms with Gasteiger partial charge in [0, 0.05) is 13.5 Å². The maximum atomic E-state index is 11.8. The van der Waals surface area contributed by atoms with Gasteiger partial charge in [-0.25, -0.2) is 0 Å². The Morgan fingerprint density at radius 1 is 1.56 bits per heavy atom. The monoisotopic (exact) mass is 250 g/mol. The average Bonchev–Trinajstić information content (AvgIpc) is 2.32. The summed E-state index contributed by atoms with van der Waals surface area (Å²) in [5.41, 5.74) is 0.0530. The Labute approximate surface area is 104 Å². The van der Waals surface area contributed by atoms with E-state index in [1.165, 1.54) is 19.2 Å². The molecule has 7 nitrogen and oxygen atoms in total. The molecule has 96 valence electrons. The lowest BCUT2D eigenvalue weighted by atomic mass is 10.1. The lowest BCUT2D eigenvalue weighted by Crippen LogP contribution is -2.52. The van der Waals surface area contributed by atoms with Crippen LogP contribution in [0.2, 0.25) is 0 Å². The van der Waals surface area contributed by atoms with E-state index in [9.17, 15) is 14.4 Å². The third-order valence-electron chi connectivity index (χ3n) is 2.26. The number of rotatable bonds is 4. The van der Waals surface area contributed by atoms with Crippen LogP contribution in [0.25, 0.3) is 0 Å². The van der Waals surface area contributed by atoms with Crippen LogP contribution in [-0.4, -0.2) is 30.8 Å². The summed E-state index contributed by atoms with van der Waals surface area (Å²) in [7, 11) is 1.43. The first-order valence-electron chi connectivity index (χ1n) is 5.35. The van der Waals surface area contributed by atoms with Crippen molar-refractivity contribution in [3.05, 3.63) is 24.4 Å². The van der Waals surface area contributed by atoms with E-state index in [0.717, 1.165) is 0 Å². The number of carbonyl (C=O) groups is 3. The topological polar surface area (TPSA) is 100.0 Å². The Bertz CT molecular complexity index is 440. The summed E-state index contributed by atoms with van der Waals surface area (Å²) in [6.07, 6.45) is 3.26. The summed E-state index contributed by atoms with van der Waals surface area (Å²) < 4.78 is 0. The fourth-order valence-corrected chi connectivity index (χ4v) is 1.44. The second kappa shape index (κ2) is 6.43. The van der Waals surface area contributed by atoms with Gasteiger partial charge in [-0.05, 0) is 12.5 Å². The molecule has 1 aliphatic heterocycles. The number of nitrogens with one attached hydrogen (secondary N) is 2. The normalized spacial score (nSPS) is 20.7. The maximum Gasteiger partial charge on any atom is 0.272 e. The van der Waals surface area contributed by atoms with Gasteiger partial charge < -0.3 is 5.32 Å². The van der Waals surface area contributed by atoms with Crippen molar-refractivity contribution in [1.29, 1.82) is 0 Å². The average molecular weight is 250 g/mol. The molecule has 0 radical (unpaired) electrons. The van der Waals surface area contributed by atoms with Crippen LogP contribution in [0, 0.1) is 0 Å². The Hall–Kier alpha value is -2.31. The molecule has 0 aromatic heterocycles. The predicted octanol–water partition coefficient (Wildman–Crippen LogP) is 0.0597. The van der Waals surface area contributed by atoms with Gasteiger partial charge in [-0.15, -0.1) is 0 Å². The lowest BCUT2D eigenvalue weighted by Gasteiger charge is -2.21. The van der Waals surface area contributed by atoms with Gasteiger partial charge in [0.05, 0.1) is 0 Å². The highest BCUT2D eigenvalue weighted by molar-refractivity contribution is 6.03. The number of allylic oxidation sites excluding steroid dienone is 2. The van der Waals surface area contributed by atoms with Crippen molar-refractivity contribution in [2.45, 2.75) is 18.9 Å². The fourth-order valence-electron chi connectivity index (χ4n) is 1.44. The first-order valence-corrected chi connectivity index (χ1v) is 5.35. The third kappa shape index (κ3) is 3.62. The molecule has 7 heteroatoms. The van der Waals surface area contributed by atoms with Crippen molar-refractivity contribution in [2.24, 2.45) is 10.2 Å². The molecule has 2 N–H and O–H groups in total. The molecule has 1 rings (SSSR count). The number of hydrogen-bond donors (Lipinski definition) is 2. The Kier molecular flexibility index (Phi) is 4.91. The van der Waals surface area contributed by atoms with Crippen molar-refractivity contribution < 1.29 is 14.4 Å². The van der Waals surface area contributed by atoms with E-state index in [-0.39, 0.29) is 24.4 Å². The molecule has 0 aliphatic carbocycles. The number of piperidine rings is 1. The number of azo groups is 1. The summed E-state index contributed by atoms with van der Waals surface area (Å²) in [5, 5.41) is 11.8. The summed E-state index contributed by atoms with van der Waals surface area (Å²) in [6.45, 7) is 3.45. The molecule has 1 fully saturated rings. The second-order valence-corrected chi connectivity index (χ2v) is 3.56. The molecular weight excluding hydrogens is 236 g/mol. The van der Waals surface area contributed by atoms with Crippen LogP contribution in [0.3, 0.4) is 0 Å². The van der Waals surface area contributed by atoms with Crippen LogP contribution in [0.15, 0.2) is 34.7 Å². The molecule has 0 bridgehead atoms. The minimum Gasteiger partial charge on any atom is -0.339 e. The zero-order valence-corrected chi connectivity index (χ0v) is 9.97. The van der Waals surface area contributed by atoms with Gasteiger partial charge in [-0.3, -0.25) is 19.7 Å². The summed E-state index contributed by atoms with van der Waals surface area (Å²) in [6, 6.07) is -0.726. The highest BCUT2D eigenvalue weighted by Crippen LogP contribution is 2.06. The number of carbonyl (C=O) groups excluding carboxylic acids is 3. The van der Waals surface area contributed by atoms with Gasteiger partial charge in [-0.2, -0.15) is 10.2 Å². The molecule has 0 spiro atoms. The number of nitrogens with zero attached hydrogens (tertiary/aromatic N) is 2. The number of imide groups is 1. The van der Waals surface area contributed by atoms with Gasteiger partial charge in [0.15, 0.2) is 0 Å². The second-order valence-electron chi connectivity index (χ2n) is 3.56. The fraction of sp³-hybridized carbons (Fsp3) is 0.364. The first kappa shape index (κ1) is 13.8. The van der Waals surface area contributed by atoms with Crippen molar-refractivity contribution in [3.63, 3.8) is 0 Å². The van der Waals surface area contributed by atoms with Gasteiger partial charge in [-0.1, -0.05) is 12.7 Å². The van der Waals surface area contributed by atoms with Crippen molar-refractivity contribution in [1.82, 2.24) is 10.6 Å². The van der Waals surface area contributed by atoms with Crippen LogP contribution in [0.1, 0.15) is 12.8 Å². The van der Waals surface area contributed by atoms with Crippen molar-refractivity contribution in [2.75, 3.05) is 7.05 Å². The van der Waals surface area contributed by atoms with Gasteiger partial charge in [0.2, 0.25) is 11.8 Å². The molecule has 1 aliphatic rings. The Balaban J connectivity index is 2.69. The maximum absolute atomic E-state index is 11.8. The van der Waals surface area contributed by atoms with E-state index in [2.05, 4.69) is 27.4 Å². The first-order chi connectivity index (χ1) is 8.58. The standard InChI is InChI=1S/C11H14N4O3/c1-3-4-8(15-12-2)11(18)13-7-5-6-9(16)14-10(7)17/h3-4,7H,1,5-6H2,2H3,(H,13,18)(H,14,16,17)/b8-4-,15-12-. The molecule has 0 aromatic rings. The van der Waals surface area contributed by atoms with Crippen LogP contribution in [0.4, 0.5) is 0 Å². The SMILES string of the molecule is C=C/C=C(\N=N/C)C(=O)NC1CCC(=O)NC1=O. The molecule has 0 aromatic carbocycles. The van der Waals surface area contributed by atoms with Gasteiger partial charge in [0.1, 0.15) is 11.7 Å². The highest BCUT2D eigenvalue weighted by atomic mass is 16.2. The lowest BCUT2D eigenvalue weighted by molar-refractivity contribution is -0.136. The van der Waals surface area contributed by atoms with Gasteiger partial charge >= 0.3 is 0 Å². The number of hydrogen-bond acceptors (Lipinski definition) is 5. The molecule has 1 atom stereocenters. The van der Waals surface area contributed by atoms with E-state index in [1.807, 2.05) is 0 Å². The van der Waals surface area contributed by atoms with Crippen LogP contribution >= 0.6 is 0 Å². The van der Waals surface area contributed by atoms with Crippen molar-refractivity contribution in [3.8, 4) is 0 Å². The number of amides is 3. The Morgan fingerprint density at radius 2 is 2.28 bits per heavy atom. The third-order valence-corrected chi connectivity index (χ3v) is 2.26. The summed E-state index contributed by atoms with van der Waals surface area (Å²) >= 11 is 0. The van der Waals surface area contributed by atoms with E-state index in [0.29, 0.717) is 0 Å². The van der Waals surface area contributed by atoms with E-state index in [1.54, 1.807) is 0 Å².